The molecule has 1 aliphatic carbocycles. The fraction of sp³-hybridized carbons (Fsp3) is 0.269. The molecule has 3 aromatic rings. The average molecular weight is 402 g/mol. The van der Waals surface area contributed by atoms with Gasteiger partial charge in [0.15, 0.2) is 0 Å². The van der Waals surface area contributed by atoms with E-state index in [-0.39, 0.29) is 12.3 Å². The first-order valence-corrected chi connectivity index (χ1v) is 10.3. The van der Waals surface area contributed by atoms with E-state index in [9.17, 15) is 4.79 Å². The normalized spacial score (nSPS) is 15.3. The average Bonchev–Trinajstić information content (AvgIpc) is 2.78. The van der Waals surface area contributed by atoms with Gasteiger partial charge < -0.3 is 14.6 Å². The number of methoxy groups -OCH3 is 1. The van der Waals surface area contributed by atoms with E-state index in [1.807, 2.05) is 30.3 Å². The molecule has 0 saturated carbocycles. The van der Waals surface area contributed by atoms with Crippen LogP contribution < -0.4 is 9.47 Å². The fourth-order valence-electron chi connectivity index (χ4n) is 4.17. The highest BCUT2D eigenvalue weighted by Crippen LogP contribution is 2.36. The molecule has 0 amide bonds. The van der Waals surface area contributed by atoms with Gasteiger partial charge >= 0.3 is 5.97 Å². The maximum Gasteiger partial charge on any atom is 0.303 e. The van der Waals surface area contributed by atoms with Gasteiger partial charge in [-0.15, -0.1) is 0 Å². The number of aryl methyl sites for hydroxylation is 1. The van der Waals surface area contributed by atoms with Gasteiger partial charge in [0.2, 0.25) is 0 Å². The first kappa shape index (κ1) is 20.0. The van der Waals surface area contributed by atoms with E-state index in [0.717, 1.165) is 47.5 Å². The van der Waals surface area contributed by atoms with E-state index in [1.54, 1.807) is 7.11 Å². The van der Waals surface area contributed by atoms with Crippen LogP contribution >= 0.6 is 0 Å². The number of aliphatic carboxylic acids is 1. The molecule has 154 valence electrons. The summed E-state index contributed by atoms with van der Waals surface area (Å²) in [5, 5.41) is 9.14. The van der Waals surface area contributed by atoms with Crippen LogP contribution in [0.3, 0.4) is 0 Å². The van der Waals surface area contributed by atoms with Crippen molar-refractivity contribution in [3.63, 3.8) is 0 Å². The lowest BCUT2D eigenvalue weighted by Crippen LogP contribution is -2.13. The summed E-state index contributed by atoms with van der Waals surface area (Å²) >= 11 is 0. The summed E-state index contributed by atoms with van der Waals surface area (Å²) in [4.78, 5) is 11.1. The zero-order valence-electron chi connectivity index (χ0n) is 17.1. The van der Waals surface area contributed by atoms with Gasteiger partial charge in [-0.25, -0.2) is 0 Å². The SMILES string of the molecule is COc1cccc(-c2ccc(COc3ccc4c(c3)CCC[C@@H]4CC(=O)O)cc2)c1. The maximum absolute atomic E-state index is 11.1. The quantitative estimate of drug-likeness (QED) is 0.540. The minimum atomic E-state index is -0.731. The molecule has 0 heterocycles. The van der Waals surface area contributed by atoms with Crippen LogP contribution in [0.25, 0.3) is 11.1 Å². The molecule has 0 bridgehead atoms. The Kier molecular flexibility index (Phi) is 6.03. The number of rotatable bonds is 7. The van der Waals surface area contributed by atoms with E-state index in [0.29, 0.717) is 6.61 Å². The van der Waals surface area contributed by atoms with Crippen molar-refractivity contribution in [3.05, 3.63) is 83.4 Å². The Balaban J connectivity index is 1.42. The molecule has 0 spiro atoms. The van der Waals surface area contributed by atoms with Gasteiger partial charge in [0.05, 0.1) is 13.5 Å². The molecule has 4 heteroatoms. The second-order valence-electron chi connectivity index (χ2n) is 7.77. The zero-order valence-corrected chi connectivity index (χ0v) is 17.1. The van der Waals surface area contributed by atoms with Gasteiger partial charge in [-0.2, -0.15) is 0 Å². The lowest BCUT2D eigenvalue weighted by atomic mass is 9.81. The van der Waals surface area contributed by atoms with E-state index < -0.39 is 5.97 Å². The fourth-order valence-corrected chi connectivity index (χ4v) is 4.17. The molecule has 30 heavy (non-hydrogen) atoms. The topological polar surface area (TPSA) is 55.8 Å². The number of carbonyl (C=O) groups is 1. The highest BCUT2D eigenvalue weighted by atomic mass is 16.5. The van der Waals surface area contributed by atoms with Crippen molar-refractivity contribution >= 4 is 5.97 Å². The van der Waals surface area contributed by atoms with Crippen molar-refractivity contribution in [2.75, 3.05) is 7.11 Å². The predicted octanol–water partition coefficient (Wildman–Crippen LogP) is 5.84. The van der Waals surface area contributed by atoms with Crippen LogP contribution in [0.15, 0.2) is 66.7 Å². The number of benzene rings is 3. The van der Waals surface area contributed by atoms with Crippen molar-refractivity contribution in [3.8, 4) is 22.6 Å². The minimum Gasteiger partial charge on any atom is -0.497 e. The Morgan fingerprint density at radius 3 is 2.60 bits per heavy atom. The number of carboxylic acids is 1. The van der Waals surface area contributed by atoms with E-state index >= 15 is 0 Å². The molecule has 0 radical (unpaired) electrons. The largest absolute Gasteiger partial charge is 0.497 e. The Bertz CT molecular complexity index is 1020. The maximum atomic E-state index is 11.1. The summed E-state index contributed by atoms with van der Waals surface area (Å²) in [6.45, 7) is 0.496. The summed E-state index contributed by atoms with van der Waals surface area (Å²) in [5.74, 6) is 1.06. The second kappa shape index (κ2) is 9.04. The zero-order chi connectivity index (χ0) is 20.9. The molecule has 3 aromatic carbocycles. The van der Waals surface area contributed by atoms with Crippen molar-refractivity contribution in [1.82, 2.24) is 0 Å². The first-order chi connectivity index (χ1) is 14.6. The van der Waals surface area contributed by atoms with Gasteiger partial charge in [-0.3, -0.25) is 4.79 Å². The van der Waals surface area contributed by atoms with Crippen LogP contribution in [-0.2, 0) is 17.8 Å². The number of fused-ring (bicyclic) bond motifs is 1. The molecule has 0 fully saturated rings. The summed E-state index contributed by atoms with van der Waals surface area (Å²) in [7, 11) is 1.67. The number of hydrogen-bond acceptors (Lipinski definition) is 3. The van der Waals surface area contributed by atoms with Crippen LogP contribution in [-0.4, -0.2) is 18.2 Å². The van der Waals surface area contributed by atoms with E-state index in [1.165, 1.54) is 11.1 Å². The molecule has 0 aromatic heterocycles. The Morgan fingerprint density at radius 1 is 1.00 bits per heavy atom. The molecule has 0 aliphatic heterocycles. The van der Waals surface area contributed by atoms with Crippen molar-refractivity contribution in [2.24, 2.45) is 0 Å². The summed E-state index contributed by atoms with van der Waals surface area (Å²) in [6, 6.07) is 22.5. The summed E-state index contributed by atoms with van der Waals surface area (Å²) in [6.07, 6.45) is 3.16. The highest BCUT2D eigenvalue weighted by molar-refractivity contribution is 5.68. The third kappa shape index (κ3) is 4.65. The van der Waals surface area contributed by atoms with Crippen molar-refractivity contribution in [2.45, 2.75) is 38.2 Å². The monoisotopic (exact) mass is 402 g/mol. The lowest BCUT2D eigenvalue weighted by Gasteiger charge is -2.24. The first-order valence-electron chi connectivity index (χ1n) is 10.3. The van der Waals surface area contributed by atoms with Crippen LogP contribution in [0.1, 0.15) is 41.9 Å². The molecule has 1 aliphatic rings. The molecule has 0 saturated heterocycles. The molecule has 4 rings (SSSR count). The van der Waals surface area contributed by atoms with Gasteiger partial charge in [0.1, 0.15) is 18.1 Å². The Morgan fingerprint density at radius 2 is 1.83 bits per heavy atom. The van der Waals surface area contributed by atoms with Crippen molar-refractivity contribution in [1.29, 1.82) is 0 Å². The van der Waals surface area contributed by atoms with Gasteiger partial charge in [0, 0.05) is 0 Å². The predicted molar refractivity (Wildman–Crippen MR) is 117 cm³/mol. The number of ether oxygens (including phenoxy) is 2. The summed E-state index contributed by atoms with van der Waals surface area (Å²) in [5.41, 5.74) is 5.74. The van der Waals surface area contributed by atoms with Gasteiger partial charge in [0.25, 0.3) is 0 Å². The summed E-state index contributed by atoms with van der Waals surface area (Å²) < 4.78 is 11.3. The molecule has 0 unspecified atom stereocenters. The van der Waals surface area contributed by atoms with Crippen LogP contribution in [0.5, 0.6) is 11.5 Å². The smallest absolute Gasteiger partial charge is 0.303 e. The second-order valence-corrected chi connectivity index (χ2v) is 7.77. The Labute approximate surface area is 177 Å². The molecular weight excluding hydrogens is 376 g/mol. The molecule has 1 atom stereocenters. The number of carboxylic acid groups (broad SMARTS) is 1. The van der Waals surface area contributed by atoms with Crippen LogP contribution in [0.4, 0.5) is 0 Å². The molecular formula is C26H26O4. The molecule has 1 N–H and O–H groups in total. The third-order valence-electron chi connectivity index (χ3n) is 5.74. The highest BCUT2D eigenvalue weighted by Gasteiger charge is 2.22. The van der Waals surface area contributed by atoms with E-state index in [2.05, 4.69) is 36.4 Å². The lowest BCUT2D eigenvalue weighted by molar-refractivity contribution is -0.137. The standard InChI is InChI=1S/C26H26O4/c1-29-23-7-3-4-20(14-23)19-10-8-18(9-11-19)17-30-24-12-13-25-21(15-24)5-2-6-22(25)16-26(27)28/h3-4,7-15,22H,2,5-6,16-17H2,1H3,(H,27,28)/t22-/m1/s1. The van der Waals surface area contributed by atoms with Gasteiger partial charge in [-0.1, -0.05) is 42.5 Å². The molecule has 4 nitrogen and oxygen atoms in total. The van der Waals surface area contributed by atoms with Crippen LogP contribution in [0, 0.1) is 0 Å². The Hall–Kier alpha value is -3.27. The van der Waals surface area contributed by atoms with Gasteiger partial charge in [-0.05, 0) is 77.3 Å². The minimum absolute atomic E-state index is 0.115. The van der Waals surface area contributed by atoms with E-state index in [4.69, 9.17) is 14.6 Å². The number of hydrogen-bond donors (Lipinski definition) is 1. The van der Waals surface area contributed by atoms with Crippen molar-refractivity contribution < 1.29 is 19.4 Å². The third-order valence-corrected chi connectivity index (χ3v) is 5.74. The van der Waals surface area contributed by atoms with Crippen LogP contribution in [0.2, 0.25) is 0 Å².